The summed E-state index contributed by atoms with van der Waals surface area (Å²) in [6.07, 6.45) is 0.777. The molecule has 3 aromatic carbocycles. The van der Waals surface area contributed by atoms with Gasteiger partial charge in [0, 0.05) is 22.7 Å². The van der Waals surface area contributed by atoms with Crippen molar-refractivity contribution in [3.63, 3.8) is 0 Å². The zero-order chi connectivity index (χ0) is 21.5. The van der Waals surface area contributed by atoms with E-state index in [1.165, 1.54) is 0 Å². The third kappa shape index (κ3) is 3.11. The molecule has 156 valence electrons. The van der Waals surface area contributed by atoms with Crippen LogP contribution in [0, 0.1) is 5.92 Å². The number of amides is 1. The predicted octanol–water partition coefficient (Wildman–Crippen LogP) is 4.06. The van der Waals surface area contributed by atoms with Crippen LogP contribution in [0.3, 0.4) is 0 Å². The number of methoxy groups -OCH3 is 2. The van der Waals surface area contributed by atoms with Gasteiger partial charge in [-0.1, -0.05) is 30.3 Å². The van der Waals surface area contributed by atoms with E-state index >= 15 is 0 Å². The molecule has 6 nitrogen and oxygen atoms in total. The normalized spacial score (nSPS) is 18.9. The first-order valence-corrected chi connectivity index (χ1v) is 10.2. The fraction of sp³-hybridized carbons (Fsp3) is 0.200. The molecule has 2 aliphatic rings. The first-order chi connectivity index (χ1) is 15.1. The van der Waals surface area contributed by atoms with Crippen molar-refractivity contribution in [1.29, 1.82) is 0 Å². The molecular weight excluding hydrogens is 390 g/mol. The number of rotatable bonds is 4. The lowest BCUT2D eigenvalue weighted by atomic mass is 9.90. The molecule has 6 heteroatoms. The number of hydrazone groups is 1. The minimum absolute atomic E-state index is 0.0620. The van der Waals surface area contributed by atoms with Crippen molar-refractivity contribution in [2.24, 2.45) is 11.0 Å². The summed E-state index contributed by atoms with van der Waals surface area (Å²) in [4.78, 5) is 13.4. The van der Waals surface area contributed by atoms with Gasteiger partial charge < -0.3 is 15.2 Å². The third-order valence-electron chi connectivity index (χ3n) is 6.04. The number of carbonyl (C=O) groups excluding carboxylic acids is 1. The van der Waals surface area contributed by atoms with E-state index in [0.717, 1.165) is 28.8 Å². The van der Waals surface area contributed by atoms with Gasteiger partial charge in [-0.15, -0.1) is 0 Å². The fourth-order valence-electron chi connectivity index (χ4n) is 4.55. The summed E-state index contributed by atoms with van der Waals surface area (Å²) in [5.41, 5.74) is 11.1. The number of fused-ring (bicyclic) bond motifs is 3. The number of hydrogen-bond donors (Lipinski definition) is 1. The summed E-state index contributed by atoms with van der Waals surface area (Å²) in [6.45, 7) is 0. The maximum absolute atomic E-state index is 13.4. The summed E-state index contributed by atoms with van der Waals surface area (Å²) in [7, 11) is 3.26. The Bertz CT molecular complexity index is 1170. The molecule has 3 aromatic rings. The topological polar surface area (TPSA) is 77.2 Å². The van der Waals surface area contributed by atoms with Gasteiger partial charge in [-0.05, 0) is 53.9 Å². The molecule has 1 amide bonds. The number of ether oxygens (including phenoxy) is 2. The third-order valence-corrected chi connectivity index (χ3v) is 6.04. The molecule has 0 radical (unpaired) electrons. The summed E-state index contributed by atoms with van der Waals surface area (Å²) >= 11 is 0. The van der Waals surface area contributed by atoms with Crippen LogP contribution in [0.5, 0.6) is 11.5 Å². The number of anilines is 1. The Hall–Kier alpha value is -3.80. The Morgan fingerprint density at radius 3 is 2.35 bits per heavy atom. The monoisotopic (exact) mass is 413 g/mol. The van der Waals surface area contributed by atoms with Crippen molar-refractivity contribution < 1.29 is 14.3 Å². The van der Waals surface area contributed by atoms with Crippen LogP contribution in [0.2, 0.25) is 0 Å². The van der Waals surface area contributed by atoms with Gasteiger partial charge in [-0.25, -0.2) is 5.01 Å². The van der Waals surface area contributed by atoms with Crippen LogP contribution in [0.4, 0.5) is 5.69 Å². The molecule has 31 heavy (non-hydrogen) atoms. The Morgan fingerprint density at radius 1 is 1.00 bits per heavy atom. The summed E-state index contributed by atoms with van der Waals surface area (Å²) < 4.78 is 11.0. The summed E-state index contributed by atoms with van der Waals surface area (Å²) in [5.74, 6) is 1.28. The molecule has 0 saturated heterocycles. The largest absolute Gasteiger partial charge is 0.493 e. The average Bonchev–Trinajstić information content (AvgIpc) is 3.34. The van der Waals surface area contributed by atoms with Crippen molar-refractivity contribution in [1.82, 2.24) is 5.01 Å². The molecule has 2 unspecified atom stereocenters. The molecule has 2 atom stereocenters. The van der Waals surface area contributed by atoms with E-state index in [4.69, 9.17) is 20.3 Å². The number of carbonyl (C=O) groups is 1. The molecule has 5 rings (SSSR count). The van der Waals surface area contributed by atoms with Crippen molar-refractivity contribution >= 4 is 17.3 Å². The lowest BCUT2D eigenvalue weighted by Gasteiger charge is -2.26. The van der Waals surface area contributed by atoms with E-state index in [-0.39, 0.29) is 17.9 Å². The lowest BCUT2D eigenvalue weighted by molar-refractivity contribution is 0.0684. The van der Waals surface area contributed by atoms with Crippen LogP contribution in [0.1, 0.15) is 33.1 Å². The number of nitrogens with two attached hydrogens (primary N) is 1. The van der Waals surface area contributed by atoms with Gasteiger partial charge in [0.15, 0.2) is 11.5 Å². The van der Waals surface area contributed by atoms with Gasteiger partial charge >= 0.3 is 0 Å². The van der Waals surface area contributed by atoms with Crippen molar-refractivity contribution in [3.8, 4) is 11.5 Å². The fourth-order valence-corrected chi connectivity index (χ4v) is 4.55. The van der Waals surface area contributed by atoms with Crippen LogP contribution in [0.25, 0.3) is 0 Å². The zero-order valence-corrected chi connectivity index (χ0v) is 17.4. The quantitative estimate of drug-likeness (QED) is 0.655. The Morgan fingerprint density at radius 2 is 1.68 bits per heavy atom. The molecule has 2 N–H and O–H groups in total. The van der Waals surface area contributed by atoms with E-state index in [1.54, 1.807) is 43.5 Å². The van der Waals surface area contributed by atoms with E-state index in [2.05, 4.69) is 12.1 Å². The van der Waals surface area contributed by atoms with E-state index in [0.29, 0.717) is 22.7 Å². The van der Waals surface area contributed by atoms with Crippen molar-refractivity contribution in [2.45, 2.75) is 12.5 Å². The van der Waals surface area contributed by atoms with E-state index in [1.807, 2.05) is 30.3 Å². The van der Waals surface area contributed by atoms with Crippen LogP contribution >= 0.6 is 0 Å². The van der Waals surface area contributed by atoms with Gasteiger partial charge in [-0.2, -0.15) is 5.10 Å². The highest BCUT2D eigenvalue weighted by atomic mass is 16.5. The highest BCUT2D eigenvalue weighted by Gasteiger charge is 2.46. The smallest absolute Gasteiger partial charge is 0.274 e. The predicted molar refractivity (Wildman–Crippen MR) is 119 cm³/mol. The highest BCUT2D eigenvalue weighted by Crippen LogP contribution is 2.47. The van der Waals surface area contributed by atoms with Gasteiger partial charge in [0.1, 0.15) is 0 Å². The van der Waals surface area contributed by atoms with Crippen molar-refractivity contribution in [2.75, 3.05) is 20.0 Å². The van der Waals surface area contributed by atoms with Crippen LogP contribution in [-0.2, 0) is 6.42 Å². The maximum atomic E-state index is 13.4. The molecule has 1 aliphatic heterocycles. The second-order valence-electron chi connectivity index (χ2n) is 7.79. The number of benzene rings is 3. The Kier molecular flexibility index (Phi) is 4.62. The lowest BCUT2D eigenvalue weighted by Crippen LogP contribution is -2.30. The highest BCUT2D eigenvalue weighted by molar-refractivity contribution is 6.10. The number of nitrogen functional groups attached to an aromatic ring is 1. The first kappa shape index (κ1) is 19.2. The van der Waals surface area contributed by atoms with Crippen LogP contribution in [-0.4, -0.2) is 30.8 Å². The second-order valence-corrected chi connectivity index (χ2v) is 7.79. The molecule has 0 spiro atoms. The molecule has 0 bridgehead atoms. The zero-order valence-electron chi connectivity index (χ0n) is 17.4. The molecule has 0 aromatic heterocycles. The van der Waals surface area contributed by atoms with Gasteiger partial charge in [0.2, 0.25) is 0 Å². The number of hydrogen-bond acceptors (Lipinski definition) is 5. The van der Waals surface area contributed by atoms with Gasteiger partial charge in [0.05, 0.1) is 26.0 Å². The molecular formula is C25H23N3O3. The minimum Gasteiger partial charge on any atom is -0.493 e. The van der Waals surface area contributed by atoms with Gasteiger partial charge in [-0.3, -0.25) is 4.79 Å². The average molecular weight is 413 g/mol. The van der Waals surface area contributed by atoms with E-state index in [9.17, 15) is 4.79 Å². The Balaban J connectivity index is 1.61. The molecule has 1 aliphatic carbocycles. The standard InChI is InChI=1S/C25H23N3O3/c1-30-21-13-17-12-20-23(19(17)14-22(21)31-2)27-28(24(20)15-6-4-3-5-7-15)25(29)16-8-10-18(26)11-9-16/h3-11,13-14,20,24H,12,26H2,1-2H3. The number of nitrogens with zero attached hydrogens (tertiary/aromatic N) is 2. The van der Waals surface area contributed by atoms with E-state index < -0.39 is 0 Å². The van der Waals surface area contributed by atoms with Crippen LogP contribution in [0.15, 0.2) is 71.8 Å². The summed E-state index contributed by atoms with van der Waals surface area (Å²) in [6, 6.07) is 20.8. The molecule has 0 saturated carbocycles. The minimum atomic E-state index is -0.189. The Labute approximate surface area is 180 Å². The maximum Gasteiger partial charge on any atom is 0.274 e. The summed E-state index contributed by atoms with van der Waals surface area (Å²) in [5, 5.41) is 6.48. The van der Waals surface area contributed by atoms with Gasteiger partial charge in [0.25, 0.3) is 5.91 Å². The van der Waals surface area contributed by atoms with Crippen LogP contribution < -0.4 is 15.2 Å². The molecule has 0 fully saturated rings. The van der Waals surface area contributed by atoms with Crippen molar-refractivity contribution in [3.05, 3.63) is 89.0 Å². The molecule has 1 heterocycles. The first-order valence-electron chi connectivity index (χ1n) is 10.2. The second kappa shape index (κ2) is 7.47. The SMILES string of the molecule is COc1cc2c(cc1OC)C1=NN(C(=O)c3ccc(N)cc3)C(c3ccccc3)C1C2.